The second-order valence-electron chi connectivity index (χ2n) is 4.57. The van der Waals surface area contributed by atoms with E-state index in [1.165, 1.54) is 15.6 Å². The number of thiophene rings is 1. The quantitative estimate of drug-likeness (QED) is 0.649. The van der Waals surface area contributed by atoms with Crippen molar-refractivity contribution in [2.45, 2.75) is 13.0 Å². The van der Waals surface area contributed by atoms with Crippen LogP contribution in [0.5, 0.6) is 0 Å². The van der Waals surface area contributed by atoms with Crippen LogP contribution in [0.3, 0.4) is 0 Å². The topological polar surface area (TPSA) is 12.0 Å². The normalized spacial score (nSPS) is 12.5. The molecule has 0 fully saturated rings. The molecular weight excluding hydrogens is 274 g/mol. The molecule has 0 aliphatic heterocycles. The summed E-state index contributed by atoms with van der Waals surface area (Å²) >= 11 is 7.60. The van der Waals surface area contributed by atoms with Gasteiger partial charge < -0.3 is 5.32 Å². The molecule has 1 heterocycles. The number of hydrogen-bond donors (Lipinski definition) is 1. The lowest BCUT2D eigenvalue weighted by molar-refractivity contribution is 0.909. The van der Waals surface area contributed by atoms with Gasteiger partial charge in [-0.2, -0.15) is 0 Å². The highest BCUT2D eigenvalue weighted by Crippen LogP contribution is 2.29. The van der Waals surface area contributed by atoms with Gasteiger partial charge in [0.05, 0.1) is 10.4 Å². The van der Waals surface area contributed by atoms with E-state index >= 15 is 0 Å². The summed E-state index contributed by atoms with van der Waals surface area (Å²) in [6, 6.07) is 19.1. The predicted octanol–water partition coefficient (Wildman–Crippen LogP) is 5.73. The summed E-state index contributed by atoms with van der Waals surface area (Å²) in [6.45, 7) is 2.15. The lowest BCUT2D eigenvalue weighted by Gasteiger charge is -2.14. The highest BCUT2D eigenvalue weighted by molar-refractivity contribution is 7.16. The maximum atomic E-state index is 5.98. The Hall–Kier alpha value is -1.51. The first-order chi connectivity index (χ1) is 9.22. The van der Waals surface area contributed by atoms with Gasteiger partial charge in [-0.25, -0.2) is 0 Å². The first-order valence-corrected chi connectivity index (χ1v) is 7.42. The SMILES string of the molecule is CC(Nc1ccc2ccccc2c1)c1ccc(Cl)s1. The molecule has 3 rings (SSSR count). The molecule has 1 unspecified atom stereocenters. The van der Waals surface area contributed by atoms with Gasteiger partial charge in [0.2, 0.25) is 0 Å². The molecule has 1 aromatic heterocycles. The maximum Gasteiger partial charge on any atom is 0.0932 e. The third-order valence-electron chi connectivity index (χ3n) is 3.15. The van der Waals surface area contributed by atoms with Crippen molar-refractivity contribution >= 4 is 39.4 Å². The summed E-state index contributed by atoms with van der Waals surface area (Å²) in [6.07, 6.45) is 0. The average molecular weight is 288 g/mol. The fourth-order valence-electron chi connectivity index (χ4n) is 2.16. The van der Waals surface area contributed by atoms with Gasteiger partial charge in [0.15, 0.2) is 0 Å². The highest BCUT2D eigenvalue weighted by Gasteiger charge is 2.08. The Kier molecular flexibility index (Phi) is 3.45. The average Bonchev–Trinajstić information content (AvgIpc) is 2.85. The number of hydrogen-bond acceptors (Lipinski definition) is 2. The Balaban J connectivity index is 1.84. The molecule has 2 aromatic carbocycles. The monoisotopic (exact) mass is 287 g/mol. The van der Waals surface area contributed by atoms with Crippen molar-refractivity contribution in [1.29, 1.82) is 0 Å². The van der Waals surface area contributed by atoms with Gasteiger partial charge in [-0.15, -0.1) is 11.3 Å². The number of fused-ring (bicyclic) bond motifs is 1. The first-order valence-electron chi connectivity index (χ1n) is 6.23. The van der Waals surface area contributed by atoms with Crippen LogP contribution in [0.25, 0.3) is 10.8 Å². The molecule has 0 aliphatic rings. The first kappa shape index (κ1) is 12.5. The minimum atomic E-state index is 0.263. The summed E-state index contributed by atoms with van der Waals surface area (Å²) in [7, 11) is 0. The zero-order valence-electron chi connectivity index (χ0n) is 10.6. The summed E-state index contributed by atoms with van der Waals surface area (Å²) in [5.41, 5.74) is 1.13. The van der Waals surface area contributed by atoms with Gasteiger partial charge in [0.1, 0.15) is 0 Å². The number of benzene rings is 2. The van der Waals surface area contributed by atoms with Crippen molar-refractivity contribution < 1.29 is 0 Å². The van der Waals surface area contributed by atoms with E-state index in [9.17, 15) is 0 Å². The third kappa shape index (κ3) is 2.75. The van der Waals surface area contributed by atoms with Crippen LogP contribution in [0.15, 0.2) is 54.6 Å². The summed E-state index contributed by atoms with van der Waals surface area (Å²) in [5.74, 6) is 0. The lowest BCUT2D eigenvalue weighted by atomic mass is 10.1. The Morgan fingerprint density at radius 3 is 2.53 bits per heavy atom. The van der Waals surface area contributed by atoms with Crippen molar-refractivity contribution in [3.05, 3.63) is 63.8 Å². The molecule has 3 aromatic rings. The molecule has 1 atom stereocenters. The van der Waals surface area contributed by atoms with E-state index in [-0.39, 0.29) is 6.04 Å². The molecule has 19 heavy (non-hydrogen) atoms. The molecule has 1 nitrogen and oxygen atoms in total. The van der Waals surface area contributed by atoms with Crippen molar-refractivity contribution in [1.82, 2.24) is 0 Å². The van der Waals surface area contributed by atoms with Crippen molar-refractivity contribution in [2.75, 3.05) is 5.32 Å². The van der Waals surface area contributed by atoms with Gasteiger partial charge in [-0.1, -0.05) is 41.9 Å². The van der Waals surface area contributed by atoms with E-state index in [1.54, 1.807) is 11.3 Å². The Morgan fingerprint density at radius 2 is 1.79 bits per heavy atom. The van der Waals surface area contributed by atoms with Gasteiger partial charge in [0.25, 0.3) is 0 Å². The van der Waals surface area contributed by atoms with Crippen LogP contribution < -0.4 is 5.32 Å². The molecule has 0 aliphatic carbocycles. The van der Waals surface area contributed by atoms with Crippen LogP contribution in [0.4, 0.5) is 5.69 Å². The molecular formula is C16H14ClNS. The molecule has 96 valence electrons. The van der Waals surface area contributed by atoms with Crippen LogP contribution in [0, 0.1) is 0 Å². The molecule has 0 saturated carbocycles. The third-order valence-corrected chi connectivity index (χ3v) is 4.57. The van der Waals surface area contributed by atoms with Crippen LogP contribution in [0.2, 0.25) is 4.34 Å². The summed E-state index contributed by atoms with van der Waals surface area (Å²) in [4.78, 5) is 1.25. The van der Waals surface area contributed by atoms with Crippen LogP contribution >= 0.6 is 22.9 Å². The van der Waals surface area contributed by atoms with E-state index in [2.05, 4.69) is 60.8 Å². The summed E-state index contributed by atoms with van der Waals surface area (Å²) in [5, 5.41) is 6.03. The maximum absolute atomic E-state index is 5.98. The Bertz CT molecular complexity index is 705. The fourth-order valence-corrected chi connectivity index (χ4v) is 3.22. The standard InChI is InChI=1S/C16H14ClNS/c1-11(15-8-9-16(17)19-15)18-14-7-6-12-4-2-3-5-13(12)10-14/h2-11,18H,1H3. The predicted molar refractivity (Wildman–Crippen MR) is 85.3 cm³/mol. The number of halogens is 1. The molecule has 0 saturated heterocycles. The van der Waals surface area contributed by atoms with Gasteiger partial charge in [-0.3, -0.25) is 0 Å². The second-order valence-corrected chi connectivity index (χ2v) is 6.32. The minimum Gasteiger partial charge on any atom is -0.378 e. The van der Waals surface area contributed by atoms with Crippen molar-refractivity contribution in [3.63, 3.8) is 0 Å². The fraction of sp³-hybridized carbons (Fsp3) is 0.125. The smallest absolute Gasteiger partial charge is 0.0932 e. The summed E-state index contributed by atoms with van der Waals surface area (Å²) < 4.78 is 0.835. The lowest BCUT2D eigenvalue weighted by Crippen LogP contribution is -2.04. The van der Waals surface area contributed by atoms with E-state index in [0.29, 0.717) is 0 Å². The molecule has 3 heteroatoms. The van der Waals surface area contributed by atoms with E-state index in [0.717, 1.165) is 10.0 Å². The number of rotatable bonds is 3. The molecule has 1 N–H and O–H groups in total. The molecule has 0 spiro atoms. The zero-order chi connectivity index (χ0) is 13.2. The van der Waals surface area contributed by atoms with E-state index < -0.39 is 0 Å². The zero-order valence-corrected chi connectivity index (χ0v) is 12.1. The van der Waals surface area contributed by atoms with Crippen LogP contribution in [0.1, 0.15) is 17.8 Å². The Morgan fingerprint density at radius 1 is 1.00 bits per heavy atom. The molecule has 0 amide bonds. The van der Waals surface area contributed by atoms with Gasteiger partial charge >= 0.3 is 0 Å². The van der Waals surface area contributed by atoms with Crippen LogP contribution in [-0.4, -0.2) is 0 Å². The highest BCUT2D eigenvalue weighted by atomic mass is 35.5. The van der Waals surface area contributed by atoms with Crippen molar-refractivity contribution in [3.8, 4) is 0 Å². The largest absolute Gasteiger partial charge is 0.378 e. The van der Waals surface area contributed by atoms with Gasteiger partial charge in [0, 0.05) is 10.6 Å². The van der Waals surface area contributed by atoms with Crippen molar-refractivity contribution in [2.24, 2.45) is 0 Å². The second kappa shape index (κ2) is 5.24. The van der Waals surface area contributed by atoms with E-state index in [4.69, 9.17) is 11.6 Å². The Labute approximate surface area is 121 Å². The molecule has 0 radical (unpaired) electrons. The number of nitrogens with one attached hydrogen (secondary N) is 1. The van der Waals surface area contributed by atoms with Gasteiger partial charge in [-0.05, 0) is 42.0 Å². The van der Waals surface area contributed by atoms with E-state index in [1.807, 2.05) is 6.07 Å². The number of anilines is 1. The minimum absolute atomic E-state index is 0.263. The van der Waals surface area contributed by atoms with Crippen LogP contribution in [-0.2, 0) is 0 Å². The molecule has 0 bridgehead atoms.